The Morgan fingerprint density at radius 2 is 2.22 bits per heavy atom. The van der Waals surface area contributed by atoms with Gasteiger partial charge >= 0.3 is 0 Å². The summed E-state index contributed by atoms with van der Waals surface area (Å²) in [6, 6.07) is 7.77. The van der Waals surface area contributed by atoms with Crippen LogP contribution in [-0.4, -0.2) is 25.1 Å². The summed E-state index contributed by atoms with van der Waals surface area (Å²) in [5.74, 6) is -0.398. The molecule has 3 N–H and O–H groups in total. The fraction of sp³-hybridized carbons (Fsp3) is 0.500. The van der Waals surface area contributed by atoms with Crippen molar-refractivity contribution in [1.82, 2.24) is 5.32 Å². The SMILES string of the molecule is NC(=O)c1ccccc1COCC1CCCCN1. The van der Waals surface area contributed by atoms with Gasteiger partial charge in [-0.1, -0.05) is 24.6 Å². The smallest absolute Gasteiger partial charge is 0.249 e. The van der Waals surface area contributed by atoms with E-state index < -0.39 is 5.91 Å². The van der Waals surface area contributed by atoms with Crippen LogP contribution in [-0.2, 0) is 11.3 Å². The lowest BCUT2D eigenvalue weighted by atomic mass is 10.1. The molecule has 1 amide bonds. The fourth-order valence-electron chi connectivity index (χ4n) is 2.26. The number of primary amides is 1. The molecular weight excluding hydrogens is 228 g/mol. The van der Waals surface area contributed by atoms with Crippen LogP contribution >= 0.6 is 0 Å². The van der Waals surface area contributed by atoms with Gasteiger partial charge in [-0.15, -0.1) is 0 Å². The molecule has 1 heterocycles. The highest BCUT2D eigenvalue weighted by atomic mass is 16.5. The summed E-state index contributed by atoms with van der Waals surface area (Å²) >= 11 is 0. The van der Waals surface area contributed by atoms with E-state index in [-0.39, 0.29) is 0 Å². The van der Waals surface area contributed by atoms with Crippen LogP contribution in [0.4, 0.5) is 0 Å². The first-order chi connectivity index (χ1) is 8.77. The summed E-state index contributed by atoms with van der Waals surface area (Å²) < 4.78 is 5.68. The summed E-state index contributed by atoms with van der Waals surface area (Å²) in [4.78, 5) is 11.2. The number of hydrogen-bond acceptors (Lipinski definition) is 3. The average Bonchev–Trinajstić information content (AvgIpc) is 2.40. The van der Waals surface area contributed by atoms with Gasteiger partial charge in [-0.05, 0) is 31.0 Å². The molecule has 1 fully saturated rings. The van der Waals surface area contributed by atoms with E-state index in [1.165, 1.54) is 12.8 Å². The second-order valence-electron chi connectivity index (χ2n) is 4.68. The number of nitrogens with one attached hydrogen (secondary N) is 1. The first kappa shape index (κ1) is 13.1. The molecule has 1 unspecified atom stereocenters. The molecule has 4 heteroatoms. The molecule has 0 aromatic heterocycles. The number of carbonyl (C=O) groups excluding carboxylic acids is 1. The van der Waals surface area contributed by atoms with Gasteiger partial charge in [0.25, 0.3) is 0 Å². The van der Waals surface area contributed by atoms with Gasteiger partial charge in [0, 0.05) is 11.6 Å². The van der Waals surface area contributed by atoms with Gasteiger partial charge in [-0.25, -0.2) is 0 Å². The van der Waals surface area contributed by atoms with E-state index in [0.717, 1.165) is 18.5 Å². The highest BCUT2D eigenvalue weighted by Gasteiger charge is 2.13. The number of ether oxygens (including phenoxy) is 1. The summed E-state index contributed by atoms with van der Waals surface area (Å²) in [6.07, 6.45) is 3.68. The minimum absolute atomic E-state index is 0.398. The predicted octanol–water partition coefficient (Wildman–Crippen LogP) is 1.44. The van der Waals surface area contributed by atoms with Crippen LogP contribution in [0.15, 0.2) is 24.3 Å². The van der Waals surface area contributed by atoms with Gasteiger partial charge in [-0.2, -0.15) is 0 Å². The van der Waals surface area contributed by atoms with E-state index >= 15 is 0 Å². The molecule has 1 aromatic rings. The van der Waals surface area contributed by atoms with Gasteiger partial charge in [-0.3, -0.25) is 4.79 Å². The lowest BCUT2D eigenvalue weighted by Gasteiger charge is -2.23. The number of hydrogen-bond donors (Lipinski definition) is 2. The van der Waals surface area contributed by atoms with Crippen molar-refractivity contribution in [3.8, 4) is 0 Å². The Kier molecular flexibility index (Phi) is 4.73. The molecule has 18 heavy (non-hydrogen) atoms. The zero-order valence-corrected chi connectivity index (χ0v) is 10.5. The third kappa shape index (κ3) is 3.55. The van der Waals surface area contributed by atoms with Crippen molar-refractivity contribution in [2.24, 2.45) is 5.73 Å². The van der Waals surface area contributed by atoms with Crippen molar-refractivity contribution >= 4 is 5.91 Å². The predicted molar refractivity (Wildman–Crippen MR) is 70.3 cm³/mol. The first-order valence-electron chi connectivity index (χ1n) is 6.46. The quantitative estimate of drug-likeness (QED) is 0.829. The molecule has 0 aliphatic carbocycles. The van der Waals surface area contributed by atoms with Crippen molar-refractivity contribution in [2.45, 2.75) is 31.9 Å². The van der Waals surface area contributed by atoms with Crippen LogP contribution in [0.1, 0.15) is 35.2 Å². The summed E-state index contributed by atoms with van der Waals surface area (Å²) in [6.45, 7) is 2.20. The molecular formula is C14H20N2O2. The lowest BCUT2D eigenvalue weighted by Crippen LogP contribution is -2.37. The molecule has 1 aliphatic heterocycles. The Morgan fingerprint density at radius 3 is 2.94 bits per heavy atom. The third-order valence-electron chi connectivity index (χ3n) is 3.27. The average molecular weight is 248 g/mol. The molecule has 1 aromatic carbocycles. The van der Waals surface area contributed by atoms with E-state index in [9.17, 15) is 4.79 Å². The van der Waals surface area contributed by atoms with E-state index in [1.54, 1.807) is 6.07 Å². The number of carbonyl (C=O) groups is 1. The molecule has 0 spiro atoms. The number of rotatable bonds is 5. The Labute approximate surface area is 108 Å². The molecule has 0 saturated carbocycles. The molecule has 2 rings (SSSR count). The maximum Gasteiger partial charge on any atom is 0.249 e. The van der Waals surface area contributed by atoms with Crippen LogP contribution in [0.3, 0.4) is 0 Å². The standard InChI is InChI=1S/C14H20N2O2/c15-14(17)13-7-2-1-5-11(13)9-18-10-12-6-3-4-8-16-12/h1-2,5,7,12,16H,3-4,6,8-10H2,(H2,15,17). The largest absolute Gasteiger partial charge is 0.375 e. The highest BCUT2D eigenvalue weighted by Crippen LogP contribution is 2.11. The van der Waals surface area contributed by atoms with Gasteiger partial charge in [0.15, 0.2) is 0 Å². The van der Waals surface area contributed by atoms with Gasteiger partial charge in [0.1, 0.15) is 0 Å². The van der Waals surface area contributed by atoms with Crippen molar-refractivity contribution in [3.05, 3.63) is 35.4 Å². The van der Waals surface area contributed by atoms with Crippen LogP contribution in [0.2, 0.25) is 0 Å². The zero-order chi connectivity index (χ0) is 12.8. The number of nitrogens with two attached hydrogens (primary N) is 1. The summed E-state index contributed by atoms with van der Waals surface area (Å²) in [5, 5.41) is 3.43. The van der Waals surface area contributed by atoms with Crippen LogP contribution in [0, 0.1) is 0 Å². The molecule has 98 valence electrons. The van der Waals surface area contributed by atoms with Crippen LogP contribution in [0.5, 0.6) is 0 Å². The van der Waals surface area contributed by atoms with E-state index in [1.807, 2.05) is 18.2 Å². The number of benzene rings is 1. The van der Waals surface area contributed by atoms with E-state index in [4.69, 9.17) is 10.5 Å². The Hall–Kier alpha value is -1.39. The molecule has 4 nitrogen and oxygen atoms in total. The maximum atomic E-state index is 11.2. The van der Waals surface area contributed by atoms with Crippen LogP contribution in [0.25, 0.3) is 0 Å². The fourth-order valence-corrected chi connectivity index (χ4v) is 2.26. The van der Waals surface area contributed by atoms with E-state index in [0.29, 0.717) is 24.8 Å². The highest BCUT2D eigenvalue weighted by molar-refractivity contribution is 5.94. The molecule has 0 bridgehead atoms. The minimum atomic E-state index is -0.398. The molecule has 1 aliphatic rings. The van der Waals surface area contributed by atoms with Gasteiger partial charge in [0.2, 0.25) is 5.91 Å². The summed E-state index contributed by atoms with van der Waals surface area (Å²) in [7, 11) is 0. The van der Waals surface area contributed by atoms with E-state index in [2.05, 4.69) is 5.32 Å². The monoisotopic (exact) mass is 248 g/mol. The number of amides is 1. The van der Waals surface area contributed by atoms with Crippen molar-refractivity contribution in [3.63, 3.8) is 0 Å². The Bertz CT molecular complexity index is 401. The molecule has 1 atom stereocenters. The van der Waals surface area contributed by atoms with Crippen molar-refractivity contribution < 1.29 is 9.53 Å². The van der Waals surface area contributed by atoms with Gasteiger partial charge in [0.05, 0.1) is 13.2 Å². The summed E-state index contributed by atoms with van der Waals surface area (Å²) in [5.41, 5.74) is 6.73. The third-order valence-corrected chi connectivity index (χ3v) is 3.27. The number of piperidine rings is 1. The second kappa shape index (κ2) is 6.52. The maximum absolute atomic E-state index is 11.2. The first-order valence-corrected chi connectivity index (χ1v) is 6.46. The Morgan fingerprint density at radius 1 is 1.39 bits per heavy atom. The van der Waals surface area contributed by atoms with Crippen molar-refractivity contribution in [2.75, 3.05) is 13.2 Å². The Balaban J connectivity index is 1.84. The second-order valence-corrected chi connectivity index (χ2v) is 4.68. The van der Waals surface area contributed by atoms with Crippen molar-refractivity contribution in [1.29, 1.82) is 0 Å². The normalized spacial score (nSPS) is 19.7. The van der Waals surface area contributed by atoms with Gasteiger partial charge < -0.3 is 15.8 Å². The molecule has 1 saturated heterocycles. The van der Waals surface area contributed by atoms with Crippen LogP contribution < -0.4 is 11.1 Å². The molecule has 0 radical (unpaired) electrons. The zero-order valence-electron chi connectivity index (χ0n) is 10.5. The lowest BCUT2D eigenvalue weighted by molar-refractivity contribution is 0.0886. The minimum Gasteiger partial charge on any atom is -0.375 e. The topological polar surface area (TPSA) is 64.4 Å².